The number of alkyl halides is 3. The van der Waals surface area contributed by atoms with Gasteiger partial charge in [-0.2, -0.15) is 13.2 Å². The van der Waals surface area contributed by atoms with E-state index in [2.05, 4.69) is 5.32 Å². The predicted molar refractivity (Wildman–Crippen MR) is 105 cm³/mol. The first-order chi connectivity index (χ1) is 13.2. The number of halogens is 5. The molecule has 2 aromatic carbocycles. The SMILES string of the molecule is O=C(NCc1ccc(/C=C/C(c2cc(Cl)cc(Cl)c2)C(F)(F)F)cc1)C1CC1. The van der Waals surface area contributed by atoms with Gasteiger partial charge in [0, 0.05) is 22.5 Å². The van der Waals surface area contributed by atoms with Crippen molar-refractivity contribution < 1.29 is 18.0 Å². The topological polar surface area (TPSA) is 29.1 Å². The summed E-state index contributed by atoms with van der Waals surface area (Å²) in [4.78, 5) is 11.7. The Morgan fingerprint density at radius 3 is 2.25 bits per heavy atom. The Morgan fingerprint density at radius 2 is 1.71 bits per heavy atom. The van der Waals surface area contributed by atoms with Gasteiger partial charge in [-0.25, -0.2) is 0 Å². The van der Waals surface area contributed by atoms with Crippen molar-refractivity contribution in [1.82, 2.24) is 5.32 Å². The van der Waals surface area contributed by atoms with Gasteiger partial charge < -0.3 is 5.32 Å². The lowest BCUT2D eigenvalue weighted by Crippen LogP contribution is -2.24. The number of amides is 1. The number of hydrogen-bond acceptors (Lipinski definition) is 1. The molecule has 7 heteroatoms. The quantitative estimate of drug-likeness (QED) is 0.569. The number of carbonyl (C=O) groups is 1. The zero-order chi connectivity index (χ0) is 20.3. The van der Waals surface area contributed by atoms with Crippen LogP contribution >= 0.6 is 23.2 Å². The Labute approximate surface area is 171 Å². The molecule has 3 rings (SSSR count). The van der Waals surface area contributed by atoms with E-state index >= 15 is 0 Å². The zero-order valence-electron chi connectivity index (χ0n) is 14.8. The van der Waals surface area contributed by atoms with Crippen LogP contribution in [0.1, 0.15) is 35.4 Å². The van der Waals surface area contributed by atoms with Gasteiger partial charge in [0.1, 0.15) is 0 Å². The van der Waals surface area contributed by atoms with Crippen molar-refractivity contribution in [1.29, 1.82) is 0 Å². The third kappa shape index (κ3) is 5.76. The van der Waals surface area contributed by atoms with Crippen molar-refractivity contribution in [3.05, 3.63) is 75.3 Å². The monoisotopic (exact) mass is 427 g/mol. The van der Waals surface area contributed by atoms with E-state index in [4.69, 9.17) is 23.2 Å². The molecule has 1 aliphatic rings. The lowest BCUT2D eigenvalue weighted by molar-refractivity contribution is -0.139. The fraction of sp³-hybridized carbons (Fsp3) is 0.286. The summed E-state index contributed by atoms with van der Waals surface area (Å²) in [6, 6.07) is 10.9. The summed E-state index contributed by atoms with van der Waals surface area (Å²) in [5, 5.41) is 3.16. The third-order valence-corrected chi connectivity index (χ3v) is 4.91. The van der Waals surface area contributed by atoms with E-state index in [0.717, 1.165) is 24.5 Å². The molecule has 148 valence electrons. The Hall–Kier alpha value is -1.98. The van der Waals surface area contributed by atoms with Crippen LogP contribution in [0.2, 0.25) is 10.0 Å². The van der Waals surface area contributed by atoms with Crippen molar-refractivity contribution in [2.24, 2.45) is 5.92 Å². The summed E-state index contributed by atoms with van der Waals surface area (Å²) in [6.45, 7) is 0.408. The van der Waals surface area contributed by atoms with E-state index in [-0.39, 0.29) is 27.4 Å². The average molecular weight is 428 g/mol. The van der Waals surface area contributed by atoms with Crippen molar-refractivity contribution in [2.45, 2.75) is 31.5 Å². The average Bonchev–Trinajstić information content (AvgIpc) is 3.44. The van der Waals surface area contributed by atoms with Crippen LogP contribution < -0.4 is 5.32 Å². The summed E-state index contributed by atoms with van der Waals surface area (Å²) < 4.78 is 40.5. The molecule has 2 aromatic rings. The molecule has 0 aromatic heterocycles. The minimum atomic E-state index is -4.47. The van der Waals surface area contributed by atoms with E-state index in [1.54, 1.807) is 24.3 Å². The Bertz CT molecular complexity index is 854. The summed E-state index contributed by atoms with van der Waals surface area (Å²) in [5.41, 5.74) is 1.50. The van der Waals surface area contributed by atoms with E-state index in [1.807, 2.05) is 0 Å². The Balaban J connectivity index is 1.70. The summed E-state index contributed by atoms with van der Waals surface area (Å²) in [6.07, 6.45) is -0.0928. The van der Waals surface area contributed by atoms with Gasteiger partial charge in [-0.3, -0.25) is 4.79 Å². The van der Waals surface area contributed by atoms with Crippen LogP contribution in [-0.4, -0.2) is 12.1 Å². The first-order valence-electron chi connectivity index (χ1n) is 8.80. The molecule has 0 spiro atoms. The molecule has 2 nitrogen and oxygen atoms in total. The number of nitrogens with one attached hydrogen (secondary N) is 1. The van der Waals surface area contributed by atoms with E-state index in [9.17, 15) is 18.0 Å². The van der Waals surface area contributed by atoms with Crippen molar-refractivity contribution in [3.63, 3.8) is 0 Å². The van der Waals surface area contributed by atoms with Crippen molar-refractivity contribution in [2.75, 3.05) is 0 Å². The fourth-order valence-electron chi connectivity index (χ4n) is 2.80. The molecule has 1 amide bonds. The van der Waals surface area contributed by atoms with Crippen LogP contribution in [0.3, 0.4) is 0 Å². The molecule has 1 saturated carbocycles. The van der Waals surface area contributed by atoms with E-state index in [0.29, 0.717) is 12.1 Å². The molecule has 0 aliphatic heterocycles. The zero-order valence-corrected chi connectivity index (χ0v) is 16.3. The van der Waals surface area contributed by atoms with Gasteiger partial charge >= 0.3 is 6.18 Å². The second-order valence-electron chi connectivity index (χ2n) is 6.81. The third-order valence-electron chi connectivity index (χ3n) is 4.47. The Morgan fingerprint density at radius 1 is 1.11 bits per heavy atom. The van der Waals surface area contributed by atoms with Gasteiger partial charge in [0.25, 0.3) is 0 Å². The lowest BCUT2D eigenvalue weighted by Gasteiger charge is -2.18. The molecular weight excluding hydrogens is 410 g/mol. The molecular formula is C21H18Cl2F3NO. The van der Waals surface area contributed by atoms with Crippen LogP contribution in [0.15, 0.2) is 48.5 Å². The molecule has 1 aliphatic carbocycles. The lowest BCUT2D eigenvalue weighted by atomic mass is 9.97. The van der Waals surface area contributed by atoms with Gasteiger partial charge in [-0.15, -0.1) is 0 Å². The maximum atomic E-state index is 13.5. The van der Waals surface area contributed by atoms with Crippen LogP contribution in [-0.2, 0) is 11.3 Å². The van der Waals surface area contributed by atoms with Crippen molar-refractivity contribution in [3.8, 4) is 0 Å². The summed E-state index contributed by atoms with van der Waals surface area (Å²) in [5.74, 6) is -1.63. The van der Waals surface area contributed by atoms with Crippen LogP contribution in [0.4, 0.5) is 13.2 Å². The van der Waals surface area contributed by atoms with Gasteiger partial charge in [0.05, 0.1) is 5.92 Å². The Kier molecular flexibility index (Phi) is 6.36. The van der Waals surface area contributed by atoms with Crippen LogP contribution in [0.5, 0.6) is 0 Å². The molecule has 1 atom stereocenters. The first-order valence-corrected chi connectivity index (χ1v) is 9.55. The highest BCUT2D eigenvalue weighted by atomic mass is 35.5. The van der Waals surface area contributed by atoms with Gasteiger partial charge in [0.15, 0.2) is 0 Å². The molecule has 0 bridgehead atoms. The first kappa shape index (κ1) is 20.7. The van der Waals surface area contributed by atoms with Crippen molar-refractivity contribution >= 4 is 35.2 Å². The van der Waals surface area contributed by atoms with E-state index < -0.39 is 12.1 Å². The normalized spacial score (nSPS) is 15.6. The maximum Gasteiger partial charge on any atom is 0.399 e. The molecule has 28 heavy (non-hydrogen) atoms. The van der Waals surface area contributed by atoms with Gasteiger partial charge in [-0.05, 0) is 47.7 Å². The molecule has 1 unspecified atom stereocenters. The summed E-state index contributed by atoms with van der Waals surface area (Å²) in [7, 11) is 0. The second-order valence-corrected chi connectivity index (χ2v) is 7.69. The number of hydrogen-bond donors (Lipinski definition) is 1. The van der Waals surface area contributed by atoms with Crippen LogP contribution in [0, 0.1) is 5.92 Å². The fourth-order valence-corrected chi connectivity index (χ4v) is 3.34. The number of benzene rings is 2. The summed E-state index contributed by atoms with van der Waals surface area (Å²) >= 11 is 11.7. The highest BCUT2D eigenvalue weighted by molar-refractivity contribution is 6.34. The number of allylic oxidation sites excluding steroid dienone is 1. The number of carbonyl (C=O) groups excluding carboxylic acids is 1. The number of rotatable bonds is 6. The molecule has 1 N–H and O–H groups in total. The van der Waals surface area contributed by atoms with Crippen LogP contribution in [0.25, 0.3) is 6.08 Å². The predicted octanol–water partition coefficient (Wildman–Crippen LogP) is 6.38. The highest BCUT2D eigenvalue weighted by Gasteiger charge is 2.39. The molecule has 0 radical (unpaired) electrons. The molecule has 1 fully saturated rings. The largest absolute Gasteiger partial charge is 0.399 e. The minimum absolute atomic E-state index is 0.0133. The second kappa shape index (κ2) is 8.58. The minimum Gasteiger partial charge on any atom is -0.352 e. The molecule has 0 heterocycles. The highest BCUT2D eigenvalue weighted by Crippen LogP contribution is 2.38. The van der Waals surface area contributed by atoms with Gasteiger partial charge in [-0.1, -0.05) is 59.6 Å². The molecule has 0 saturated heterocycles. The van der Waals surface area contributed by atoms with E-state index in [1.165, 1.54) is 24.3 Å². The van der Waals surface area contributed by atoms with Gasteiger partial charge in [0.2, 0.25) is 5.91 Å². The maximum absolute atomic E-state index is 13.5. The standard InChI is InChI=1S/C21H18Cl2F3NO/c22-17-9-16(10-18(23)11-17)19(21(24,25)26)8-5-13-1-3-14(4-2-13)12-27-20(28)15-6-7-15/h1-5,8-11,15,19H,6-7,12H2,(H,27,28)/b8-5+. The smallest absolute Gasteiger partial charge is 0.352 e.